The quantitative estimate of drug-likeness (QED) is 0.745. The molecule has 0 N–H and O–H groups in total. The van der Waals surface area contributed by atoms with Crippen LogP contribution in [0.5, 0.6) is 0 Å². The summed E-state index contributed by atoms with van der Waals surface area (Å²) in [6, 6.07) is 7.50. The van der Waals surface area contributed by atoms with Crippen LogP contribution in [0.2, 0.25) is 0 Å². The van der Waals surface area contributed by atoms with E-state index in [2.05, 4.69) is 40.7 Å². The first-order valence-corrected chi connectivity index (χ1v) is 10.00. The number of benzene rings is 1. The Morgan fingerprint density at radius 3 is 2.39 bits per heavy atom. The molecule has 4 rings (SSSR count). The van der Waals surface area contributed by atoms with Gasteiger partial charge in [0.2, 0.25) is 0 Å². The third-order valence-corrected chi connectivity index (χ3v) is 5.90. The van der Waals surface area contributed by atoms with Gasteiger partial charge in [-0.25, -0.2) is 9.37 Å². The third kappa shape index (κ3) is 3.35. The Hall–Kier alpha value is -2.54. The monoisotopic (exact) mass is 382 g/mol. The molecule has 2 saturated heterocycles. The zero-order chi connectivity index (χ0) is 19.8. The van der Waals surface area contributed by atoms with Crippen LogP contribution in [0.15, 0.2) is 29.3 Å². The fraction of sp³-hybridized carbons (Fsp3) is 0.524. The van der Waals surface area contributed by atoms with Gasteiger partial charge in [-0.15, -0.1) is 0 Å². The Morgan fingerprint density at radius 2 is 1.71 bits per heavy atom. The second kappa shape index (κ2) is 7.47. The Bertz CT molecular complexity index is 852. The molecule has 3 aliphatic rings. The smallest absolute Gasteiger partial charge is 0.292 e. The van der Waals surface area contributed by atoms with E-state index < -0.39 is 6.04 Å². The van der Waals surface area contributed by atoms with E-state index in [0.717, 1.165) is 24.5 Å². The molecule has 7 nitrogen and oxygen atoms in total. The molecule has 1 aromatic carbocycles. The maximum absolute atomic E-state index is 13.0. The minimum absolute atomic E-state index is 0.206. The van der Waals surface area contributed by atoms with Crippen molar-refractivity contribution < 1.29 is 14.2 Å². The molecule has 28 heavy (non-hydrogen) atoms. The molecule has 148 valence electrons. The molecule has 0 aliphatic carbocycles. The molecule has 2 fully saturated rings. The number of aryl methyl sites for hydroxylation is 1. The van der Waals surface area contributed by atoms with Gasteiger partial charge in [-0.3, -0.25) is 19.5 Å². The summed E-state index contributed by atoms with van der Waals surface area (Å²) in [6.07, 6.45) is 3.67. The van der Waals surface area contributed by atoms with Gasteiger partial charge in [-0.05, 0) is 43.4 Å². The zero-order valence-corrected chi connectivity index (χ0v) is 16.9. The van der Waals surface area contributed by atoms with Crippen molar-refractivity contribution >= 4 is 23.6 Å². The van der Waals surface area contributed by atoms with E-state index in [1.54, 1.807) is 14.1 Å². The number of aliphatic imine (C=N–C) groups is 1. The van der Waals surface area contributed by atoms with Gasteiger partial charge in [0.25, 0.3) is 17.8 Å². The van der Waals surface area contributed by atoms with Crippen LogP contribution in [0.3, 0.4) is 0 Å². The lowest BCUT2D eigenvalue weighted by Gasteiger charge is -2.30. The second-order valence-electron chi connectivity index (χ2n) is 7.98. The molecule has 1 unspecified atom stereocenters. The van der Waals surface area contributed by atoms with Crippen molar-refractivity contribution in [2.24, 2.45) is 4.99 Å². The number of carbonyl (C=O) groups is 2. The fourth-order valence-electron chi connectivity index (χ4n) is 4.17. The third-order valence-electron chi connectivity index (χ3n) is 5.90. The van der Waals surface area contributed by atoms with E-state index in [9.17, 15) is 9.59 Å². The predicted octanol–water partition coefficient (Wildman–Crippen LogP) is 1.70. The highest BCUT2D eigenvalue weighted by Crippen LogP contribution is 2.22. The normalized spacial score (nSPS) is 23.4. The van der Waals surface area contributed by atoms with Gasteiger partial charge in [0.05, 0.1) is 0 Å². The molecule has 0 bridgehead atoms. The molecule has 0 spiro atoms. The van der Waals surface area contributed by atoms with Crippen LogP contribution in [0.4, 0.5) is 4.79 Å². The summed E-state index contributed by atoms with van der Waals surface area (Å²) in [7, 11) is 3.25. The standard InChI is InChI=1S/C21H28N5O2/c1-15-7-9-16(10-8-15)13-26-17(14-25-11-5-4-6-12-25)22-19-18(26)20(27)24(3)21(28)23(19)2/h7-10,18H,4-6,11-14H2,1-3H3/q+1. The molecule has 3 aliphatic heterocycles. The van der Waals surface area contributed by atoms with Crippen LogP contribution in [0.1, 0.15) is 30.4 Å². The number of hydrogen-bond acceptors (Lipinski definition) is 4. The Balaban J connectivity index is 1.69. The summed E-state index contributed by atoms with van der Waals surface area (Å²) in [4.78, 5) is 35.3. The molecule has 1 atom stereocenters. The molecular weight excluding hydrogens is 354 g/mol. The van der Waals surface area contributed by atoms with E-state index in [4.69, 9.17) is 4.99 Å². The number of rotatable bonds is 4. The number of imide groups is 1. The maximum Gasteiger partial charge on any atom is 0.333 e. The molecule has 7 heteroatoms. The molecule has 0 radical (unpaired) electrons. The molecule has 3 amide bonds. The van der Waals surface area contributed by atoms with Gasteiger partial charge in [0, 0.05) is 14.1 Å². The number of piperidine rings is 1. The van der Waals surface area contributed by atoms with E-state index >= 15 is 0 Å². The molecule has 0 saturated carbocycles. The number of likely N-dealkylation sites (tertiary alicyclic amines) is 1. The Morgan fingerprint density at radius 1 is 1.04 bits per heavy atom. The molecule has 1 aromatic rings. The number of nitrogens with zero attached hydrogens (tertiary/aromatic N) is 5. The highest BCUT2D eigenvalue weighted by molar-refractivity contribution is 6.23. The number of hydrogen-bond donors (Lipinski definition) is 0. The number of amidine groups is 2. The summed E-state index contributed by atoms with van der Waals surface area (Å²) in [5.74, 6) is 1.22. The SMILES string of the molecule is Cc1ccc(C[N+]2=C(CN3CCCCC3)N=C3C2C(=O)N(C)C(=O)N3C)cc1. The number of amides is 3. The summed E-state index contributed by atoms with van der Waals surface area (Å²) in [5, 5.41) is 0. The molecular formula is C21H28N5O2+. The van der Waals surface area contributed by atoms with Crippen LogP contribution >= 0.6 is 0 Å². The van der Waals surface area contributed by atoms with Crippen molar-refractivity contribution in [1.82, 2.24) is 14.7 Å². The summed E-state index contributed by atoms with van der Waals surface area (Å²) in [5.41, 5.74) is 2.34. The Kier molecular flexibility index (Phi) is 5.02. The second-order valence-corrected chi connectivity index (χ2v) is 7.98. The van der Waals surface area contributed by atoms with E-state index in [1.807, 2.05) is 0 Å². The number of carbonyl (C=O) groups excluding carboxylic acids is 2. The summed E-state index contributed by atoms with van der Waals surface area (Å²) < 4.78 is 2.08. The molecule has 3 heterocycles. The lowest BCUT2D eigenvalue weighted by atomic mass is 10.1. The van der Waals surface area contributed by atoms with Crippen LogP contribution in [0.25, 0.3) is 0 Å². The summed E-state index contributed by atoms with van der Waals surface area (Å²) in [6.45, 7) is 5.49. The van der Waals surface area contributed by atoms with Crippen LogP contribution in [0, 0.1) is 6.92 Å². The number of fused-ring (bicyclic) bond motifs is 1. The van der Waals surface area contributed by atoms with Gasteiger partial charge in [0.1, 0.15) is 13.1 Å². The zero-order valence-electron chi connectivity index (χ0n) is 16.9. The summed E-state index contributed by atoms with van der Waals surface area (Å²) >= 11 is 0. The lowest BCUT2D eigenvalue weighted by molar-refractivity contribution is -0.552. The van der Waals surface area contributed by atoms with Crippen LogP contribution in [-0.2, 0) is 11.3 Å². The highest BCUT2D eigenvalue weighted by atomic mass is 16.2. The topological polar surface area (TPSA) is 59.2 Å². The Labute approximate surface area is 165 Å². The van der Waals surface area contributed by atoms with E-state index in [-0.39, 0.29) is 11.9 Å². The minimum atomic E-state index is -0.534. The first-order valence-electron chi connectivity index (χ1n) is 10.00. The number of urea groups is 1. The maximum atomic E-state index is 13.0. The van der Waals surface area contributed by atoms with Crippen molar-refractivity contribution in [3.05, 3.63) is 35.4 Å². The van der Waals surface area contributed by atoms with Gasteiger partial charge >= 0.3 is 11.9 Å². The van der Waals surface area contributed by atoms with Crippen LogP contribution in [-0.4, -0.2) is 82.7 Å². The first-order chi connectivity index (χ1) is 13.5. The van der Waals surface area contributed by atoms with Gasteiger partial charge in [-0.1, -0.05) is 36.2 Å². The first kappa shape index (κ1) is 18.8. The average Bonchev–Trinajstić information content (AvgIpc) is 3.05. The predicted molar refractivity (Wildman–Crippen MR) is 108 cm³/mol. The lowest BCUT2D eigenvalue weighted by Crippen LogP contribution is -2.61. The van der Waals surface area contributed by atoms with Crippen molar-refractivity contribution in [2.45, 2.75) is 38.8 Å². The van der Waals surface area contributed by atoms with Gasteiger partial charge in [0.15, 0.2) is 0 Å². The highest BCUT2D eigenvalue weighted by Gasteiger charge is 2.53. The number of likely N-dealkylation sites (N-methyl/N-ethyl adjacent to an activating group) is 2. The minimum Gasteiger partial charge on any atom is -0.292 e. The van der Waals surface area contributed by atoms with E-state index in [1.165, 1.54) is 34.6 Å². The fourth-order valence-corrected chi connectivity index (χ4v) is 4.17. The van der Waals surface area contributed by atoms with Gasteiger partial charge < -0.3 is 0 Å². The van der Waals surface area contributed by atoms with Crippen molar-refractivity contribution in [3.8, 4) is 0 Å². The van der Waals surface area contributed by atoms with E-state index in [0.29, 0.717) is 18.9 Å². The average molecular weight is 382 g/mol. The largest absolute Gasteiger partial charge is 0.333 e. The van der Waals surface area contributed by atoms with Gasteiger partial charge in [-0.2, -0.15) is 0 Å². The molecule has 0 aromatic heterocycles. The van der Waals surface area contributed by atoms with Crippen LogP contribution < -0.4 is 0 Å². The van der Waals surface area contributed by atoms with Crippen molar-refractivity contribution in [3.63, 3.8) is 0 Å². The van der Waals surface area contributed by atoms with Crippen molar-refractivity contribution in [1.29, 1.82) is 0 Å². The van der Waals surface area contributed by atoms with Crippen molar-refractivity contribution in [2.75, 3.05) is 33.7 Å².